The highest BCUT2D eigenvalue weighted by atomic mass is 19.4. The number of aromatic nitrogens is 1. The van der Waals surface area contributed by atoms with Gasteiger partial charge in [0.25, 0.3) is 0 Å². The molecule has 0 saturated carbocycles. The number of hydrogen-bond donors (Lipinski definition) is 1. The van der Waals surface area contributed by atoms with Gasteiger partial charge >= 0.3 is 6.18 Å². The number of hydrogen-bond acceptors (Lipinski definition) is 2. The zero-order chi connectivity index (χ0) is 17.5. The van der Waals surface area contributed by atoms with Gasteiger partial charge in [0.15, 0.2) is 0 Å². The molecular formula is C18H23F3N2. The van der Waals surface area contributed by atoms with Gasteiger partial charge in [-0.05, 0) is 45.0 Å². The maximum Gasteiger partial charge on any atom is 0.416 e. The molecule has 1 N–H and O–H groups in total. The highest BCUT2D eigenvalue weighted by molar-refractivity contribution is 5.74. The monoisotopic (exact) mass is 324 g/mol. The van der Waals surface area contributed by atoms with Crippen LogP contribution in [0.2, 0.25) is 0 Å². The molecule has 126 valence electrons. The Balaban J connectivity index is 3.25. The van der Waals surface area contributed by atoms with E-state index in [4.69, 9.17) is 0 Å². The predicted octanol–water partition coefficient (Wildman–Crippen LogP) is 5.22. The zero-order valence-corrected chi connectivity index (χ0v) is 13.9. The van der Waals surface area contributed by atoms with Gasteiger partial charge in [-0.1, -0.05) is 31.2 Å². The van der Waals surface area contributed by atoms with E-state index >= 15 is 0 Å². The van der Waals surface area contributed by atoms with Crippen LogP contribution in [0.1, 0.15) is 44.5 Å². The van der Waals surface area contributed by atoms with E-state index in [0.29, 0.717) is 17.7 Å². The van der Waals surface area contributed by atoms with Crippen LogP contribution in [0.25, 0.3) is 5.57 Å². The van der Waals surface area contributed by atoms with Gasteiger partial charge < -0.3 is 5.32 Å². The smallest absolute Gasteiger partial charge is 0.313 e. The van der Waals surface area contributed by atoms with E-state index in [1.54, 1.807) is 38.3 Å². The van der Waals surface area contributed by atoms with Crippen LogP contribution >= 0.6 is 0 Å². The van der Waals surface area contributed by atoms with Gasteiger partial charge in [-0.2, -0.15) is 13.2 Å². The number of allylic oxidation sites excluding steroid dienone is 6. The summed E-state index contributed by atoms with van der Waals surface area (Å²) in [6.45, 7) is 5.44. The Bertz CT molecular complexity index is 581. The second-order valence-electron chi connectivity index (χ2n) is 5.15. The molecule has 1 atom stereocenters. The quantitative estimate of drug-likeness (QED) is 0.726. The fraction of sp³-hybridized carbons (Fsp3) is 0.389. The molecular weight excluding hydrogens is 301 g/mol. The van der Waals surface area contributed by atoms with Crippen LogP contribution in [0.15, 0.2) is 48.2 Å². The Morgan fingerprint density at radius 1 is 1.35 bits per heavy atom. The number of pyridine rings is 1. The largest absolute Gasteiger partial charge is 0.416 e. The summed E-state index contributed by atoms with van der Waals surface area (Å²) in [5.74, 6) is 0. The van der Waals surface area contributed by atoms with Gasteiger partial charge in [-0.25, -0.2) is 0 Å². The molecule has 0 aliphatic carbocycles. The van der Waals surface area contributed by atoms with Gasteiger partial charge in [-0.15, -0.1) is 0 Å². The molecule has 1 aromatic heterocycles. The van der Waals surface area contributed by atoms with Crippen LogP contribution < -0.4 is 5.32 Å². The van der Waals surface area contributed by atoms with Crippen molar-refractivity contribution in [2.45, 2.75) is 39.4 Å². The minimum Gasteiger partial charge on any atom is -0.313 e. The van der Waals surface area contributed by atoms with Gasteiger partial charge in [0.1, 0.15) is 0 Å². The zero-order valence-electron chi connectivity index (χ0n) is 13.9. The Kier molecular flexibility index (Phi) is 7.23. The first kappa shape index (κ1) is 19.2. The average Bonchev–Trinajstić information content (AvgIpc) is 2.52. The highest BCUT2D eigenvalue weighted by Crippen LogP contribution is 2.30. The van der Waals surface area contributed by atoms with E-state index in [2.05, 4.69) is 10.3 Å². The maximum absolute atomic E-state index is 13.1. The molecule has 1 heterocycles. The number of alkyl halides is 3. The van der Waals surface area contributed by atoms with Crippen molar-refractivity contribution < 1.29 is 13.2 Å². The van der Waals surface area contributed by atoms with Crippen molar-refractivity contribution >= 4 is 5.57 Å². The van der Waals surface area contributed by atoms with Crippen molar-refractivity contribution in [2.24, 2.45) is 0 Å². The second kappa shape index (κ2) is 8.67. The molecule has 0 radical (unpaired) electrons. The molecule has 0 aliphatic rings. The molecule has 2 nitrogen and oxygen atoms in total. The summed E-state index contributed by atoms with van der Waals surface area (Å²) in [7, 11) is 1.84. The Hall–Kier alpha value is -1.88. The molecule has 1 aromatic rings. The fourth-order valence-electron chi connectivity index (χ4n) is 2.03. The van der Waals surface area contributed by atoms with Crippen LogP contribution in [-0.2, 0) is 0 Å². The van der Waals surface area contributed by atoms with Crippen molar-refractivity contribution in [3.63, 3.8) is 0 Å². The Morgan fingerprint density at radius 2 is 2.04 bits per heavy atom. The Morgan fingerprint density at radius 3 is 2.48 bits per heavy atom. The SMILES string of the molecule is C\C=C/C(=C\C(=C\CC)C(F)(F)F)c1ccc([C@H](C)NC)cn1. The molecule has 0 aromatic carbocycles. The van der Waals surface area contributed by atoms with Gasteiger partial charge in [-0.3, -0.25) is 4.98 Å². The average molecular weight is 324 g/mol. The van der Waals surface area contributed by atoms with Gasteiger partial charge in [0, 0.05) is 17.8 Å². The molecule has 0 bridgehead atoms. The number of nitrogens with one attached hydrogen (secondary N) is 1. The molecule has 0 fully saturated rings. The summed E-state index contributed by atoms with van der Waals surface area (Å²) >= 11 is 0. The molecule has 1 rings (SSSR count). The van der Waals surface area contributed by atoms with Crippen LogP contribution in [-0.4, -0.2) is 18.2 Å². The number of nitrogens with zero attached hydrogens (tertiary/aromatic N) is 1. The van der Waals surface area contributed by atoms with Gasteiger partial charge in [0.2, 0.25) is 0 Å². The van der Waals surface area contributed by atoms with E-state index in [-0.39, 0.29) is 6.04 Å². The molecule has 0 saturated heterocycles. The fourth-order valence-corrected chi connectivity index (χ4v) is 2.03. The third kappa shape index (κ3) is 5.67. The van der Waals surface area contributed by atoms with E-state index in [1.165, 1.54) is 6.08 Å². The van der Waals surface area contributed by atoms with Crippen molar-refractivity contribution in [3.05, 3.63) is 59.5 Å². The maximum atomic E-state index is 13.1. The van der Waals surface area contributed by atoms with Crippen LogP contribution in [0.4, 0.5) is 13.2 Å². The van der Waals surface area contributed by atoms with Crippen molar-refractivity contribution in [3.8, 4) is 0 Å². The van der Waals surface area contributed by atoms with Crippen LogP contribution in [0, 0.1) is 0 Å². The molecule has 0 unspecified atom stereocenters. The highest BCUT2D eigenvalue weighted by Gasteiger charge is 2.31. The normalized spacial score (nSPS) is 15.3. The summed E-state index contributed by atoms with van der Waals surface area (Å²) in [6.07, 6.45) is 3.30. The van der Waals surface area contributed by atoms with E-state index < -0.39 is 11.7 Å². The van der Waals surface area contributed by atoms with Crippen molar-refractivity contribution in [2.75, 3.05) is 7.05 Å². The summed E-state index contributed by atoms with van der Waals surface area (Å²) in [4.78, 5) is 4.31. The van der Waals surface area contributed by atoms with Crippen LogP contribution in [0.5, 0.6) is 0 Å². The lowest BCUT2D eigenvalue weighted by atomic mass is 10.0. The topological polar surface area (TPSA) is 24.9 Å². The minimum absolute atomic E-state index is 0.136. The van der Waals surface area contributed by atoms with E-state index in [9.17, 15) is 13.2 Å². The van der Waals surface area contributed by atoms with E-state index in [1.807, 2.05) is 20.0 Å². The first-order valence-electron chi connectivity index (χ1n) is 7.58. The summed E-state index contributed by atoms with van der Waals surface area (Å²) in [6, 6.07) is 3.75. The molecule has 5 heteroatoms. The number of rotatable bonds is 6. The van der Waals surface area contributed by atoms with Crippen molar-refractivity contribution in [1.29, 1.82) is 0 Å². The van der Waals surface area contributed by atoms with Gasteiger partial charge in [0.05, 0.1) is 11.3 Å². The lowest BCUT2D eigenvalue weighted by Gasteiger charge is -2.12. The third-order valence-electron chi connectivity index (χ3n) is 3.42. The van der Waals surface area contributed by atoms with Crippen LogP contribution in [0.3, 0.4) is 0 Å². The summed E-state index contributed by atoms with van der Waals surface area (Å²) < 4.78 is 39.2. The first-order valence-corrected chi connectivity index (χ1v) is 7.58. The predicted molar refractivity (Wildman–Crippen MR) is 88.9 cm³/mol. The second-order valence-corrected chi connectivity index (χ2v) is 5.15. The lowest BCUT2D eigenvalue weighted by molar-refractivity contribution is -0.0883. The number of halogens is 3. The van der Waals surface area contributed by atoms with E-state index in [0.717, 1.165) is 11.6 Å². The lowest BCUT2D eigenvalue weighted by Crippen LogP contribution is -2.12. The Labute approximate surface area is 135 Å². The molecule has 0 aliphatic heterocycles. The van der Waals surface area contributed by atoms with Crippen molar-refractivity contribution in [1.82, 2.24) is 10.3 Å². The summed E-state index contributed by atoms with van der Waals surface area (Å²) in [5, 5.41) is 3.10. The third-order valence-corrected chi connectivity index (χ3v) is 3.42. The molecule has 23 heavy (non-hydrogen) atoms. The molecule has 0 spiro atoms. The first-order chi connectivity index (χ1) is 10.8. The molecule has 0 amide bonds. The standard InChI is InChI=1S/C18H23F3N2/c1-5-7-14(11-16(8-6-2)18(19,20)21)17-10-9-15(12-23-17)13(3)22-4/h5,7-13,22H,6H2,1-4H3/b7-5-,14-11+,16-8-/t13-/m0/s1. The summed E-state index contributed by atoms with van der Waals surface area (Å²) in [5.41, 5.74) is 1.29. The minimum atomic E-state index is -4.37.